The molecule has 0 fully saturated rings. The standard InChI is InChI=1S/C20H19N3O2/c1-4-10-16(21)15-14-11-7-5-6-8-12(11)19(24)13(14)9-22-17(15)18(20(10)25)23(2)3/h5-9,25H,4,21H2,1-3H3. The van der Waals surface area contributed by atoms with Crippen molar-refractivity contribution in [3.05, 3.63) is 47.2 Å². The first-order valence-corrected chi connectivity index (χ1v) is 8.24. The lowest BCUT2D eigenvalue weighted by Gasteiger charge is -2.22. The first-order chi connectivity index (χ1) is 12.0. The molecule has 1 aliphatic rings. The lowest BCUT2D eigenvalue weighted by atomic mass is 9.95. The highest BCUT2D eigenvalue weighted by atomic mass is 16.3. The van der Waals surface area contributed by atoms with E-state index in [1.165, 1.54) is 0 Å². The van der Waals surface area contributed by atoms with Gasteiger partial charge in [-0.2, -0.15) is 0 Å². The van der Waals surface area contributed by atoms with Gasteiger partial charge in [0.15, 0.2) is 5.78 Å². The number of hydrogen-bond donors (Lipinski definition) is 2. The number of nitrogens with two attached hydrogens (primary N) is 1. The Morgan fingerprint density at radius 1 is 1.16 bits per heavy atom. The molecule has 126 valence electrons. The van der Waals surface area contributed by atoms with E-state index >= 15 is 0 Å². The van der Waals surface area contributed by atoms with Crippen LogP contribution in [0.2, 0.25) is 0 Å². The number of anilines is 2. The fourth-order valence-electron chi connectivity index (χ4n) is 3.76. The van der Waals surface area contributed by atoms with Crippen LogP contribution in [0.3, 0.4) is 0 Å². The Bertz CT molecular complexity index is 1050. The van der Waals surface area contributed by atoms with Gasteiger partial charge in [-0.05, 0) is 12.0 Å². The van der Waals surface area contributed by atoms with Crippen LogP contribution in [-0.4, -0.2) is 30.0 Å². The van der Waals surface area contributed by atoms with E-state index in [9.17, 15) is 9.90 Å². The van der Waals surface area contributed by atoms with Crippen molar-refractivity contribution in [3.8, 4) is 16.9 Å². The maximum Gasteiger partial charge on any atom is 0.195 e. The molecule has 0 spiro atoms. The number of carbonyl (C=O) groups is 1. The fraction of sp³-hybridized carbons (Fsp3) is 0.200. The van der Waals surface area contributed by atoms with Gasteiger partial charge in [-0.15, -0.1) is 0 Å². The molecule has 0 unspecified atom stereocenters. The van der Waals surface area contributed by atoms with E-state index in [2.05, 4.69) is 4.98 Å². The number of nitrogen functional groups attached to an aromatic ring is 1. The number of fused-ring (bicyclic) bond motifs is 5. The zero-order chi connectivity index (χ0) is 17.9. The number of ketones is 1. The molecule has 0 saturated heterocycles. The normalized spacial score (nSPS) is 12.4. The summed E-state index contributed by atoms with van der Waals surface area (Å²) in [5.74, 6) is 0.125. The number of phenols is 1. The van der Waals surface area contributed by atoms with Crippen LogP contribution in [0, 0.1) is 0 Å². The van der Waals surface area contributed by atoms with Gasteiger partial charge in [-0.25, -0.2) is 0 Å². The summed E-state index contributed by atoms with van der Waals surface area (Å²) >= 11 is 0. The van der Waals surface area contributed by atoms with Crippen molar-refractivity contribution in [2.24, 2.45) is 0 Å². The highest BCUT2D eigenvalue weighted by Gasteiger charge is 2.31. The summed E-state index contributed by atoms with van der Waals surface area (Å²) in [7, 11) is 3.72. The summed E-state index contributed by atoms with van der Waals surface area (Å²) in [6, 6.07) is 7.53. The minimum absolute atomic E-state index is 0.0306. The first-order valence-electron chi connectivity index (χ1n) is 8.24. The Labute approximate surface area is 145 Å². The van der Waals surface area contributed by atoms with Gasteiger partial charge in [0.25, 0.3) is 0 Å². The van der Waals surface area contributed by atoms with Crippen molar-refractivity contribution in [1.29, 1.82) is 0 Å². The summed E-state index contributed by atoms with van der Waals surface area (Å²) in [4.78, 5) is 19.1. The van der Waals surface area contributed by atoms with Crippen LogP contribution in [0.1, 0.15) is 28.4 Å². The average Bonchev–Trinajstić information content (AvgIpc) is 2.88. The van der Waals surface area contributed by atoms with E-state index in [0.717, 1.165) is 16.5 Å². The van der Waals surface area contributed by atoms with Crippen molar-refractivity contribution in [1.82, 2.24) is 4.98 Å². The SMILES string of the molecule is CCc1c(O)c(N(C)C)c2ncc3c(c2c1N)-c1ccccc1C3=O. The minimum Gasteiger partial charge on any atom is -0.505 e. The minimum atomic E-state index is -0.0306. The quantitative estimate of drug-likeness (QED) is 0.550. The zero-order valence-corrected chi connectivity index (χ0v) is 14.4. The largest absolute Gasteiger partial charge is 0.505 e. The molecule has 1 heterocycles. The molecule has 5 nitrogen and oxygen atoms in total. The van der Waals surface area contributed by atoms with Crippen LogP contribution in [0.4, 0.5) is 11.4 Å². The molecule has 1 aromatic heterocycles. The maximum atomic E-state index is 12.7. The van der Waals surface area contributed by atoms with Gasteiger partial charge in [0.1, 0.15) is 17.0 Å². The van der Waals surface area contributed by atoms with Crippen molar-refractivity contribution in [2.45, 2.75) is 13.3 Å². The molecule has 0 bridgehead atoms. The monoisotopic (exact) mass is 333 g/mol. The smallest absolute Gasteiger partial charge is 0.195 e. The number of benzene rings is 2. The van der Waals surface area contributed by atoms with E-state index < -0.39 is 0 Å². The van der Waals surface area contributed by atoms with Gasteiger partial charge < -0.3 is 15.7 Å². The Morgan fingerprint density at radius 3 is 2.48 bits per heavy atom. The summed E-state index contributed by atoms with van der Waals surface area (Å²) in [5.41, 5.74) is 11.8. The van der Waals surface area contributed by atoms with Gasteiger partial charge >= 0.3 is 0 Å². The molecule has 2 aromatic carbocycles. The van der Waals surface area contributed by atoms with Crippen LogP contribution >= 0.6 is 0 Å². The second-order valence-corrected chi connectivity index (χ2v) is 6.48. The second-order valence-electron chi connectivity index (χ2n) is 6.48. The fourth-order valence-corrected chi connectivity index (χ4v) is 3.76. The second kappa shape index (κ2) is 5.21. The predicted molar refractivity (Wildman–Crippen MR) is 100 cm³/mol. The Morgan fingerprint density at radius 2 is 1.84 bits per heavy atom. The van der Waals surface area contributed by atoms with Crippen LogP contribution in [0.15, 0.2) is 30.5 Å². The molecule has 3 aromatic rings. The van der Waals surface area contributed by atoms with E-state index in [1.54, 1.807) is 6.20 Å². The third-order valence-corrected chi connectivity index (χ3v) is 4.89. The molecule has 25 heavy (non-hydrogen) atoms. The number of pyridine rings is 1. The number of carbonyl (C=O) groups excluding carboxylic acids is 1. The van der Waals surface area contributed by atoms with E-state index in [0.29, 0.717) is 40.0 Å². The molecular weight excluding hydrogens is 314 g/mol. The summed E-state index contributed by atoms with van der Waals surface area (Å²) < 4.78 is 0. The number of hydrogen-bond acceptors (Lipinski definition) is 5. The molecule has 4 rings (SSSR count). The molecule has 1 aliphatic carbocycles. The highest BCUT2D eigenvalue weighted by Crippen LogP contribution is 2.48. The van der Waals surface area contributed by atoms with Crippen molar-refractivity contribution < 1.29 is 9.90 Å². The Balaban J connectivity index is 2.25. The Hall–Kier alpha value is -3.08. The maximum absolute atomic E-state index is 12.7. The van der Waals surface area contributed by atoms with E-state index in [1.807, 2.05) is 50.2 Å². The zero-order valence-electron chi connectivity index (χ0n) is 14.4. The van der Waals surface area contributed by atoms with Gasteiger partial charge in [0.05, 0.1) is 0 Å². The number of nitrogens with zero attached hydrogens (tertiary/aromatic N) is 2. The summed E-state index contributed by atoms with van der Waals surface area (Å²) in [6.45, 7) is 1.95. The number of aromatic hydroxyl groups is 1. The van der Waals surface area contributed by atoms with Gasteiger partial charge in [-0.3, -0.25) is 9.78 Å². The highest BCUT2D eigenvalue weighted by molar-refractivity contribution is 6.27. The van der Waals surface area contributed by atoms with Gasteiger partial charge in [0, 0.05) is 53.6 Å². The van der Waals surface area contributed by atoms with Crippen LogP contribution in [0.5, 0.6) is 5.75 Å². The molecule has 0 saturated carbocycles. The van der Waals surface area contributed by atoms with Crippen molar-refractivity contribution in [2.75, 3.05) is 24.7 Å². The molecule has 3 N–H and O–H groups in total. The lowest BCUT2D eigenvalue weighted by molar-refractivity contribution is 0.104. The molecular formula is C20H19N3O2. The average molecular weight is 333 g/mol. The van der Waals surface area contributed by atoms with Crippen LogP contribution in [0.25, 0.3) is 22.0 Å². The van der Waals surface area contributed by atoms with Crippen LogP contribution in [-0.2, 0) is 6.42 Å². The van der Waals surface area contributed by atoms with E-state index in [-0.39, 0.29) is 11.5 Å². The molecule has 0 amide bonds. The predicted octanol–water partition coefficient (Wildman–Crippen LogP) is 3.36. The number of rotatable bonds is 2. The van der Waals surface area contributed by atoms with Crippen molar-refractivity contribution in [3.63, 3.8) is 0 Å². The molecule has 0 radical (unpaired) electrons. The number of phenolic OH excluding ortho intramolecular Hbond substituents is 1. The summed E-state index contributed by atoms with van der Waals surface area (Å²) in [6.07, 6.45) is 2.19. The van der Waals surface area contributed by atoms with Crippen LogP contribution < -0.4 is 10.6 Å². The van der Waals surface area contributed by atoms with Crippen molar-refractivity contribution >= 4 is 28.1 Å². The third-order valence-electron chi connectivity index (χ3n) is 4.89. The van der Waals surface area contributed by atoms with Gasteiger partial charge in [0.2, 0.25) is 0 Å². The van der Waals surface area contributed by atoms with Gasteiger partial charge in [-0.1, -0.05) is 31.2 Å². The van der Waals surface area contributed by atoms with E-state index in [4.69, 9.17) is 5.73 Å². The lowest BCUT2D eigenvalue weighted by Crippen LogP contribution is -2.12. The molecule has 0 aliphatic heterocycles. The summed E-state index contributed by atoms with van der Waals surface area (Å²) in [5, 5.41) is 11.4. The first kappa shape index (κ1) is 15.4. The number of aromatic nitrogens is 1. The topological polar surface area (TPSA) is 79.4 Å². The molecule has 0 atom stereocenters. The third kappa shape index (κ3) is 1.89. The molecule has 5 heteroatoms. The Kier molecular flexibility index (Phi) is 3.22.